The molecule has 8 nitrogen and oxygen atoms in total. The number of rotatable bonds is 9. The summed E-state index contributed by atoms with van der Waals surface area (Å²) < 4.78 is 33.8. The maximum atomic E-state index is 11.5. The molecule has 0 aliphatic carbocycles. The molecule has 0 aliphatic rings. The Morgan fingerprint density at radius 3 is 2.48 bits per heavy atom. The topological polar surface area (TPSA) is 131 Å². The van der Waals surface area contributed by atoms with Gasteiger partial charge in [-0.3, -0.25) is 0 Å². The summed E-state index contributed by atoms with van der Waals surface area (Å²) in [6.45, 7) is 2.38. The number of ether oxygens (including phenoxy) is 2. The molecule has 2 atom stereocenters. The molecule has 2 aromatic rings. The summed E-state index contributed by atoms with van der Waals surface area (Å²) in [4.78, 5) is -0.424. The number of phenolic OH excluding ortho intramolecular Hbond substituents is 1. The highest BCUT2D eigenvalue weighted by Gasteiger charge is 2.18. The molecule has 0 aliphatic heterocycles. The fraction of sp³-hybridized carbons (Fsp3) is 0.333. The molecule has 9 heteroatoms. The molecular formula is C18H24N2O6S. The van der Waals surface area contributed by atoms with E-state index in [0.29, 0.717) is 23.7 Å². The van der Waals surface area contributed by atoms with E-state index in [1.165, 1.54) is 12.1 Å². The zero-order valence-corrected chi connectivity index (χ0v) is 15.9. The van der Waals surface area contributed by atoms with Crippen molar-refractivity contribution in [3.8, 4) is 17.2 Å². The fourth-order valence-electron chi connectivity index (χ4n) is 2.41. The Hall–Kier alpha value is -2.33. The van der Waals surface area contributed by atoms with Crippen LogP contribution >= 0.6 is 0 Å². The van der Waals surface area contributed by atoms with Gasteiger partial charge in [-0.2, -0.15) is 0 Å². The van der Waals surface area contributed by atoms with E-state index in [-0.39, 0.29) is 12.6 Å². The van der Waals surface area contributed by atoms with Crippen molar-refractivity contribution >= 4 is 10.0 Å². The first-order chi connectivity index (χ1) is 12.7. The molecule has 0 aromatic heterocycles. The van der Waals surface area contributed by atoms with Crippen LogP contribution in [0, 0.1) is 0 Å². The lowest BCUT2D eigenvalue weighted by atomic mass is 10.1. The number of aliphatic hydroxyl groups is 1. The predicted molar refractivity (Wildman–Crippen MR) is 100 cm³/mol. The Kier molecular flexibility index (Phi) is 7.03. The zero-order valence-electron chi connectivity index (χ0n) is 15.1. The van der Waals surface area contributed by atoms with Gasteiger partial charge in [0.25, 0.3) is 0 Å². The van der Waals surface area contributed by atoms with Crippen LogP contribution in [0.3, 0.4) is 0 Å². The average Bonchev–Trinajstić information content (AvgIpc) is 2.64. The van der Waals surface area contributed by atoms with Crippen LogP contribution in [0.25, 0.3) is 0 Å². The van der Waals surface area contributed by atoms with Crippen molar-refractivity contribution in [2.24, 2.45) is 5.14 Å². The van der Waals surface area contributed by atoms with Gasteiger partial charge in [-0.25, -0.2) is 13.6 Å². The predicted octanol–water partition coefficient (Wildman–Crippen LogP) is 1.14. The second-order valence-electron chi connectivity index (χ2n) is 6.06. The number of para-hydroxylation sites is 2. The maximum Gasteiger partial charge on any atom is 0.241 e. The lowest BCUT2D eigenvalue weighted by Gasteiger charge is -2.19. The Bertz CT molecular complexity index is 872. The van der Waals surface area contributed by atoms with Crippen molar-refractivity contribution in [2.75, 3.05) is 20.3 Å². The Balaban J connectivity index is 1.92. The number of nitrogens with one attached hydrogen (secondary N) is 1. The van der Waals surface area contributed by atoms with E-state index in [4.69, 9.17) is 14.6 Å². The van der Waals surface area contributed by atoms with Crippen molar-refractivity contribution in [3.63, 3.8) is 0 Å². The molecule has 0 bridgehead atoms. The number of primary sulfonamides is 1. The van der Waals surface area contributed by atoms with Crippen molar-refractivity contribution in [1.29, 1.82) is 0 Å². The molecule has 2 rings (SSSR count). The van der Waals surface area contributed by atoms with Gasteiger partial charge in [0.2, 0.25) is 10.0 Å². The third-order valence-corrected chi connectivity index (χ3v) is 4.83. The number of benzene rings is 2. The molecule has 148 valence electrons. The van der Waals surface area contributed by atoms with Crippen LogP contribution in [0.5, 0.6) is 17.2 Å². The van der Waals surface area contributed by atoms with Crippen LogP contribution in [0.15, 0.2) is 47.4 Å². The lowest BCUT2D eigenvalue weighted by Crippen LogP contribution is -2.35. The summed E-state index contributed by atoms with van der Waals surface area (Å²) >= 11 is 0. The average molecular weight is 396 g/mol. The molecule has 5 N–H and O–H groups in total. The molecule has 0 heterocycles. The largest absolute Gasteiger partial charge is 0.507 e. The summed E-state index contributed by atoms with van der Waals surface area (Å²) in [6.07, 6.45) is -0.986. The number of phenols is 1. The highest BCUT2D eigenvalue weighted by molar-refractivity contribution is 7.89. The van der Waals surface area contributed by atoms with Gasteiger partial charge < -0.3 is 25.0 Å². The first kappa shape index (κ1) is 21.0. The monoisotopic (exact) mass is 396 g/mol. The van der Waals surface area contributed by atoms with E-state index in [9.17, 15) is 18.6 Å². The normalized spacial score (nSPS) is 13.8. The van der Waals surface area contributed by atoms with Gasteiger partial charge in [0.15, 0.2) is 11.5 Å². The quantitative estimate of drug-likeness (QED) is 0.500. The number of nitrogens with two attached hydrogens (primary N) is 1. The van der Waals surface area contributed by atoms with Crippen LogP contribution in [-0.2, 0) is 10.0 Å². The Morgan fingerprint density at radius 1 is 1.19 bits per heavy atom. The van der Waals surface area contributed by atoms with Crippen LogP contribution in [0.4, 0.5) is 0 Å². The van der Waals surface area contributed by atoms with Crippen LogP contribution in [0.1, 0.15) is 18.6 Å². The maximum absolute atomic E-state index is 11.5. The van der Waals surface area contributed by atoms with E-state index in [1.54, 1.807) is 19.2 Å². The smallest absolute Gasteiger partial charge is 0.241 e. The van der Waals surface area contributed by atoms with E-state index in [0.717, 1.165) is 6.07 Å². The molecule has 0 saturated carbocycles. The molecule has 0 saturated heterocycles. The second-order valence-corrected chi connectivity index (χ2v) is 7.59. The van der Waals surface area contributed by atoms with Crippen molar-refractivity contribution in [3.05, 3.63) is 48.0 Å². The molecule has 27 heavy (non-hydrogen) atoms. The highest BCUT2D eigenvalue weighted by Crippen LogP contribution is 2.26. The van der Waals surface area contributed by atoms with Crippen LogP contribution < -0.4 is 19.9 Å². The minimum absolute atomic E-state index is 0.0978. The Morgan fingerprint density at radius 2 is 1.85 bits per heavy atom. The van der Waals surface area contributed by atoms with Crippen molar-refractivity contribution in [1.82, 2.24) is 5.32 Å². The summed E-state index contributed by atoms with van der Waals surface area (Å²) in [5, 5.41) is 28.0. The van der Waals surface area contributed by atoms with Gasteiger partial charge >= 0.3 is 0 Å². The first-order valence-electron chi connectivity index (χ1n) is 8.25. The van der Waals surface area contributed by atoms with Crippen molar-refractivity contribution in [2.45, 2.75) is 24.0 Å². The molecule has 0 amide bonds. The highest BCUT2D eigenvalue weighted by atomic mass is 32.2. The molecular weight excluding hydrogens is 372 g/mol. The minimum atomic E-state index is -4.08. The first-order valence-corrected chi connectivity index (χ1v) is 9.80. The third-order valence-electron chi connectivity index (χ3n) is 3.89. The number of sulfonamides is 1. The van der Waals surface area contributed by atoms with Gasteiger partial charge in [-0.05, 0) is 36.8 Å². The van der Waals surface area contributed by atoms with E-state index in [2.05, 4.69) is 5.32 Å². The van der Waals surface area contributed by atoms with E-state index >= 15 is 0 Å². The van der Waals surface area contributed by atoms with Crippen LogP contribution in [-0.4, -0.2) is 44.9 Å². The number of aromatic hydroxyl groups is 1. The summed E-state index contributed by atoms with van der Waals surface area (Å²) in [5.41, 5.74) is 0.321. The molecule has 2 unspecified atom stereocenters. The van der Waals surface area contributed by atoms with Gasteiger partial charge in [-0.15, -0.1) is 0 Å². The van der Waals surface area contributed by atoms with Gasteiger partial charge in [0.1, 0.15) is 17.3 Å². The molecule has 0 spiro atoms. The number of aliphatic hydroxyl groups excluding tert-OH is 1. The van der Waals surface area contributed by atoms with Gasteiger partial charge in [0, 0.05) is 12.6 Å². The summed E-state index contributed by atoms with van der Waals surface area (Å²) in [7, 11) is -2.52. The second kappa shape index (κ2) is 9.05. The standard InChI is InChI=1S/C18H24N2O6S/c1-12(11-26-17-6-4-3-5-16(17)25-2)20-10-15(22)13-7-8-14(21)18(9-13)27(19,23)24/h3-9,12,15,20-22H,10-11H2,1-2H3,(H2,19,23,24). The molecule has 2 aromatic carbocycles. The van der Waals surface area contributed by atoms with E-state index in [1.807, 2.05) is 19.1 Å². The fourth-order valence-corrected chi connectivity index (χ4v) is 3.07. The molecule has 0 radical (unpaired) electrons. The van der Waals surface area contributed by atoms with Crippen LogP contribution in [0.2, 0.25) is 0 Å². The summed E-state index contributed by atoms with van der Waals surface area (Å²) in [6, 6.07) is 11.0. The zero-order chi connectivity index (χ0) is 20.0. The Labute approximate surface area is 158 Å². The van der Waals surface area contributed by atoms with E-state index < -0.39 is 26.8 Å². The number of hydrogen-bond acceptors (Lipinski definition) is 7. The molecule has 0 fully saturated rings. The van der Waals surface area contributed by atoms with Gasteiger partial charge in [-0.1, -0.05) is 18.2 Å². The summed E-state index contributed by atoms with van der Waals surface area (Å²) in [5.74, 6) is 0.787. The SMILES string of the molecule is COc1ccccc1OCC(C)NCC(O)c1ccc(O)c(S(N)(=O)=O)c1. The van der Waals surface area contributed by atoms with Crippen molar-refractivity contribution < 1.29 is 28.1 Å². The number of methoxy groups -OCH3 is 1. The van der Waals surface area contributed by atoms with Gasteiger partial charge in [0.05, 0.1) is 13.2 Å². The third kappa shape index (κ3) is 5.83. The number of hydrogen-bond donors (Lipinski definition) is 4. The lowest BCUT2D eigenvalue weighted by molar-refractivity contribution is 0.163. The minimum Gasteiger partial charge on any atom is -0.507 e.